The molecule has 0 radical (unpaired) electrons. The Balaban J connectivity index is 1.35. The summed E-state index contributed by atoms with van der Waals surface area (Å²) in [6.07, 6.45) is 1.13. The van der Waals surface area contributed by atoms with Gasteiger partial charge in [0.2, 0.25) is 0 Å². The predicted molar refractivity (Wildman–Crippen MR) is 109 cm³/mol. The molecule has 2 aliphatic rings. The molecule has 2 aromatic carbocycles. The number of hydrogen-bond donors (Lipinski definition) is 0. The molecule has 2 fully saturated rings. The lowest BCUT2D eigenvalue weighted by Gasteiger charge is -2.32. The van der Waals surface area contributed by atoms with Crippen LogP contribution >= 0.6 is 0 Å². The van der Waals surface area contributed by atoms with Crippen molar-refractivity contribution in [3.05, 3.63) is 65.2 Å². The zero-order valence-corrected chi connectivity index (χ0v) is 17.0. The molecule has 142 valence electrons. The average Bonchev–Trinajstić information content (AvgIpc) is 3.37. The molecule has 2 atom stereocenters. The van der Waals surface area contributed by atoms with Crippen LogP contribution in [0.4, 0.5) is 0 Å². The second-order valence-corrected chi connectivity index (χ2v) is 8.91. The molecule has 1 aliphatic heterocycles. The van der Waals surface area contributed by atoms with Gasteiger partial charge in [-0.25, -0.2) is 0 Å². The van der Waals surface area contributed by atoms with E-state index in [0.717, 1.165) is 12.2 Å². The summed E-state index contributed by atoms with van der Waals surface area (Å²) in [6, 6.07) is 16.9. The van der Waals surface area contributed by atoms with Gasteiger partial charge < -0.3 is 14.0 Å². The van der Waals surface area contributed by atoms with Gasteiger partial charge in [0.05, 0.1) is 11.2 Å². The van der Waals surface area contributed by atoms with E-state index in [0.29, 0.717) is 18.3 Å². The number of aryl methyl sites for hydroxylation is 1. The minimum Gasteiger partial charge on any atom is -0.489 e. The predicted octanol–water partition coefficient (Wildman–Crippen LogP) is 5.52. The van der Waals surface area contributed by atoms with E-state index < -0.39 is 0 Å². The van der Waals surface area contributed by atoms with Gasteiger partial charge in [0, 0.05) is 5.82 Å². The van der Waals surface area contributed by atoms with Crippen LogP contribution in [0.1, 0.15) is 56.7 Å². The fraction of sp³-hybridized carbons (Fsp3) is 0.478. The van der Waals surface area contributed by atoms with Crippen LogP contribution in [-0.4, -0.2) is 18.3 Å². The Morgan fingerprint density at radius 1 is 0.963 bits per heavy atom. The average molecular weight is 364 g/mol. The first-order valence-electron chi connectivity index (χ1n) is 9.90. The monoisotopic (exact) mass is 364 g/mol. The summed E-state index contributed by atoms with van der Waals surface area (Å²) in [5.41, 5.74) is 3.33. The maximum atomic E-state index is 6.22. The van der Waals surface area contributed by atoms with Crippen molar-refractivity contribution in [3.63, 3.8) is 0 Å². The Bertz CT molecular complexity index is 797. The van der Waals surface area contributed by atoms with Gasteiger partial charge >= 0.3 is 7.12 Å². The quantitative estimate of drug-likeness (QED) is 0.654. The van der Waals surface area contributed by atoms with Crippen LogP contribution in [0.2, 0.25) is 5.82 Å². The van der Waals surface area contributed by atoms with Crippen molar-refractivity contribution in [2.75, 3.05) is 0 Å². The summed E-state index contributed by atoms with van der Waals surface area (Å²) in [5.74, 6) is 1.88. The van der Waals surface area contributed by atoms with Crippen LogP contribution in [0, 0.1) is 6.92 Å². The second kappa shape index (κ2) is 6.68. The first-order chi connectivity index (χ1) is 12.8. The van der Waals surface area contributed by atoms with Crippen molar-refractivity contribution in [2.45, 2.75) is 70.6 Å². The summed E-state index contributed by atoms with van der Waals surface area (Å²) < 4.78 is 18.4. The van der Waals surface area contributed by atoms with Crippen molar-refractivity contribution < 1.29 is 14.0 Å². The SMILES string of the molecule is Cc1ccccc1COc1ccc(C2CC2B2OC(C)(C)C(C)(C)O2)cc1. The zero-order valence-electron chi connectivity index (χ0n) is 17.0. The highest BCUT2D eigenvalue weighted by Crippen LogP contribution is 2.58. The van der Waals surface area contributed by atoms with Crippen LogP contribution in [0.5, 0.6) is 5.75 Å². The lowest BCUT2D eigenvalue weighted by atomic mass is 9.79. The molecule has 0 aromatic heterocycles. The molecule has 1 heterocycles. The van der Waals surface area contributed by atoms with Crippen LogP contribution in [-0.2, 0) is 15.9 Å². The number of ether oxygens (including phenoxy) is 1. The summed E-state index contributed by atoms with van der Waals surface area (Å²) in [7, 11) is -0.100. The minimum atomic E-state index is -0.252. The van der Waals surface area contributed by atoms with E-state index in [2.05, 4.69) is 83.1 Å². The lowest BCUT2D eigenvalue weighted by Crippen LogP contribution is -2.41. The Morgan fingerprint density at radius 2 is 1.59 bits per heavy atom. The van der Waals surface area contributed by atoms with E-state index in [1.165, 1.54) is 16.7 Å². The standard InChI is InChI=1S/C23H29BO3/c1-16-8-6-7-9-18(16)15-25-19-12-10-17(11-13-19)20-14-21(20)24-26-22(2,3)23(4,5)27-24/h6-13,20-21H,14-15H2,1-5H3. The molecule has 2 unspecified atom stereocenters. The number of rotatable bonds is 5. The molecule has 27 heavy (non-hydrogen) atoms. The molecule has 0 N–H and O–H groups in total. The first-order valence-corrected chi connectivity index (χ1v) is 9.90. The maximum Gasteiger partial charge on any atom is 0.461 e. The minimum absolute atomic E-state index is 0.100. The fourth-order valence-electron chi connectivity index (χ4n) is 3.71. The van der Waals surface area contributed by atoms with Crippen molar-refractivity contribution >= 4 is 7.12 Å². The lowest BCUT2D eigenvalue weighted by molar-refractivity contribution is 0.00578. The molecule has 1 saturated heterocycles. The van der Waals surface area contributed by atoms with Gasteiger partial charge in [0.1, 0.15) is 12.4 Å². The van der Waals surface area contributed by atoms with Gasteiger partial charge in [-0.2, -0.15) is 0 Å². The largest absolute Gasteiger partial charge is 0.489 e. The van der Waals surface area contributed by atoms with E-state index in [4.69, 9.17) is 14.0 Å². The number of benzene rings is 2. The van der Waals surface area contributed by atoms with Crippen molar-refractivity contribution in [1.29, 1.82) is 0 Å². The van der Waals surface area contributed by atoms with Crippen LogP contribution in [0.25, 0.3) is 0 Å². The van der Waals surface area contributed by atoms with Gasteiger partial charge in [-0.1, -0.05) is 36.4 Å². The molecule has 3 nitrogen and oxygen atoms in total. The van der Waals surface area contributed by atoms with Crippen LogP contribution < -0.4 is 4.74 Å². The normalized spacial score (nSPS) is 25.4. The van der Waals surface area contributed by atoms with Gasteiger partial charge in [0.15, 0.2) is 0 Å². The molecule has 1 aliphatic carbocycles. The van der Waals surface area contributed by atoms with Gasteiger partial charge in [-0.15, -0.1) is 0 Å². The third-order valence-electron chi connectivity index (χ3n) is 6.42. The summed E-state index contributed by atoms with van der Waals surface area (Å²) in [5, 5.41) is 0. The molecular weight excluding hydrogens is 335 g/mol. The van der Waals surface area contributed by atoms with E-state index in [1.807, 2.05) is 0 Å². The number of hydrogen-bond acceptors (Lipinski definition) is 3. The van der Waals surface area contributed by atoms with Crippen molar-refractivity contribution in [1.82, 2.24) is 0 Å². The summed E-state index contributed by atoms with van der Waals surface area (Å²) >= 11 is 0. The highest BCUT2D eigenvalue weighted by Gasteiger charge is 2.59. The van der Waals surface area contributed by atoms with E-state index in [1.54, 1.807) is 0 Å². The molecule has 0 bridgehead atoms. The van der Waals surface area contributed by atoms with Crippen molar-refractivity contribution in [2.24, 2.45) is 0 Å². The van der Waals surface area contributed by atoms with Crippen LogP contribution in [0.15, 0.2) is 48.5 Å². The van der Waals surface area contributed by atoms with E-state index >= 15 is 0 Å². The molecule has 2 aromatic rings. The van der Waals surface area contributed by atoms with Gasteiger partial charge in [-0.3, -0.25) is 0 Å². The highest BCUT2D eigenvalue weighted by molar-refractivity contribution is 6.49. The third-order valence-corrected chi connectivity index (χ3v) is 6.42. The smallest absolute Gasteiger partial charge is 0.461 e. The summed E-state index contributed by atoms with van der Waals surface area (Å²) in [4.78, 5) is 0. The Morgan fingerprint density at radius 3 is 2.22 bits per heavy atom. The van der Waals surface area contributed by atoms with Crippen LogP contribution in [0.3, 0.4) is 0 Å². The van der Waals surface area contributed by atoms with E-state index in [9.17, 15) is 0 Å². The third kappa shape index (κ3) is 3.65. The molecule has 1 saturated carbocycles. The Hall–Kier alpha value is -1.78. The topological polar surface area (TPSA) is 27.7 Å². The molecule has 0 amide bonds. The van der Waals surface area contributed by atoms with Crippen molar-refractivity contribution in [3.8, 4) is 5.75 Å². The molecule has 4 rings (SSSR count). The Kier molecular flexibility index (Phi) is 4.60. The maximum absolute atomic E-state index is 6.22. The Labute approximate surface area is 163 Å². The fourth-order valence-corrected chi connectivity index (χ4v) is 3.71. The molecular formula is C23H29BO3. The summed E-state index contributed by atoms with van der Waals surface area (Å²) in [6.45, 7) is 11.2. The second-order valence-electron chi connectivity index (χ2n) is 8.91. The van der Waals surface area contributed by atoms with Gasteiger partial charge in [-0.05, 0) is 75.8 Å². The first kappa shape index (κ1) is 18.6. The van der Waals surface area contributed by atoms with Gasteiger partial charge in [0.25, 0.3) is 0 Å². The highest BCUT2D eigenvalue weighted by atomic mass is 16.7. The van der Waals surface area contributed by atoms with E-state index in [-0.39, 0.29) is 18.3 Å². The molecule has 0 spiro atoms. The molecule has 4 heteroatoms. The zero-order chi connectivity index (χ0) is 19.2.